The molecule has 14 heteroatoms. The number of carboxylic acid groups (broad SMARTS) is 2. The molecule has 0 saturated heterocycles. The Hall–Kier alpha value is -2.66. The van der Waals surface area contributed by atoms with E-state index in [2.05, 4.69) is 18.1 Å². The van der Waals surface area contributed by atoms with Crippen molar-refractivity contribution >= 4 is 39.7 Å². The number of hydrogen-bond donors (Lipinski definition) is 4. The average Bonchev–Trinajstić information content (AvgIpc) is 2.84. The molecule has 34 heavy (non-hydrogen) atoms. The van der Waals surface area contributed by atoms with E-state index in [4.69, 9.17) is 20.0 Å². The van der Waals surface area contributed by atoms with E-state index in [9.17, 15) is 18.7 Å². The zero-order valence-corrected chi connectivity index (χ0v) is 20.5. The first-order chi connectivity index (χ1) is 15.8. The minimum atomic E-state index is -3.65. The van der Waals surface area contributed by atoms with Crippen LogP contribution in [0.2, 0.25) is 0 Å². The van der Waals surface area contributed by atoms with Crippen LogP contribution in [0.1, 0.15) is 31.8 Å². The maximum absolute atomic E-state index is 10.7. The Morgan fingerprint density at radius 3 is 1.00 bits per heavy atom. The lowest BCUT2D eigenvalue weighted by atomic mass is 10.1. The number of rotatable bonds is 8. The standard InChI is InChI=1S/C16H12O4.2C2H7O4P/c17-15(18)13-7-3-11(4-8-13)1-2-12-5-9-14(10-6-12)16(19)20;2*1-5-7(3,4)6-2/h1-10H,(H,17,18)(H,19,20);2*1-2H3,(H,3,4). The van der Waals surface area contributed by atoms with E-state index in [1.807, 2.05) is 12.2 Å². The summed E-state index contributed by atoms with van der Waals surface area (Å²) in [5.74, 6) is -1.91. The summed E-state index contributed by atoms with van der Waals surface area (Å²) in [5, 5.41) is 17.6. The zero-order valence-electron chi connectivity index (χ0n) is 18.7. The molecule has 0 saturated carbocycles. The fourth-order valence-electron chi connectivity index (χ4n) is 1.82. The number of benzene rings is 2. The fourth-order valence-corrected chi connectivity index (χ4v) is 2.11. The molecule has 188 valence electrons. The van der Waals surface area contributed by atoms with Crippen LogP contribution in [-0.4, -0.2) is 60.4 Å². The molecule has 12 nitrogen and oxygen atoms in total. The van der Waals surface area contributed by atoms with E-state index in [1.165, 1.54) is 24.3 Å². The van der Waals surface area contributed by atoms with Crippen LogP contribution >= 0.6 is 15.6 Å². The van der Waals surface area contributed by atoms with E-state index < -0.39 is 27.6 Å². The highest BCUT2D eigenvalue weighted by Gasteiger charge is 2.14. The van der Waals surface area contributed by atoms with Crippen LogP contribution in [0.25, 0.3) is 12.2 Å². The van der Waals surface area contributed by atoms with Crippen LogP contribution in [-0.2, 0) is 27.2 Å². The molecule has 2 rings (SSSR count). The molecule has 0 atom stereocenters. The molecule has 0 bridgehead atoms. The summed E-state index contributed by atoms with van der Waals surface area (Å²) in [4.78, 5) is 37.9. The van der Waals surface area contributed by atoms with E-state index in [-0.39, 0.29) is 11.1 Å². The van der Waals surface area contributed by atoms with Crippen molar-refractivity contribution in [3.05, 3.63) is 70.8 Å². The van der Waals surface area contributed by atoms with Gasteiger partial charge in [0.05, 0.1) is 11.1 Å². The normalized spacial score (nSPS) is 11.1. The monoisotopic (exact) mass is 520 g/mol. The highest BCUT2D eigenvalue weighted by Crippen LogP contribution is 2.40. The SMILES string of the molecule is COP(=O)(O)OC.COP(=O)(O)OC.O=C(O)c1ccc(C=Cc2ccc(C(=O)O)cc2)cc1. The summed E-state index contributed by atoms with van der Waals surface area (Å²) in [6.07, 6.45) is 3.67. The van der Waals surface area contributed by atoms with Gasteiger partial charge in [0.2, 0.25) is 0 Å². The molecule has 2 aromatic carbocycles. The van der Waals surface area contributed by atoms with Gasteiger partial charge in [0.1, 0.15) is 0 Å². The second-order valence-electron chi connectivity index (χ2n) is 5.86. The van der Waals surface area contributed by atoms with Crippen molar-refractivity contribution in [1.82, 2.24) is 0 Å². The number of aromatic carboxylic acids is 2. The first kappa shape index (κ1) is 31.3. The summed E-state index contributed by atoms with van der Waals surface area (Å²) in [7, 11) is -2.90. The van der Waals surface area contributed by atoms with Gasteiger partial charge in [-0.3, -0.25) is 18.1 Å². The topological polar surface area (TPSA) is 186 Å². The Morgan fingerprint density at radius 2 is 0.853 bits per heavy atom. The van der Waals surface area contributed by atoms with Crippen LogP contribution in [0, 0.1) is 0 Å². The molecule has 2 aromatic rings. The van der Waals surface area contributed by atoms with Gasteiger partial charge in [-0.2, -0.15) is 0 Å². The van der Waals surface area contributed by atoms with Crippen LogP contribution in [0.4, 0.5) is 0 Å². The lowest BCUT2D eigenvalue weighted by Gasteiger charge is -2.01. The third kappa shape index (κ3) is 13.1. The average molecular weight is 520 g/mol. The highest BCUT2D eigenvalue weighted by atomic mass is 31.2. The van der Waals surface area contributed by atoms with Gasteiger partial charge in [-0.1, -0.05) is 36.4 Å². The van der Waals surface area contributed by atoms with Crippen molar-refractivity contribution in [3.63, 3.8) is 0 Å². The minimum Gasteiger partial charge on any atom is -0.478 e. The molecule has 0 heterocycles. The van der Waals surface area contributed by atoms with Crippen LogP contribution < -0.4 is 0 Å². The Balaban J connectivity index is 0.000000642. The maximum Gasteiger partial charge on any atom is 0.471 e. The van der Waals surface area contributed by atoms with Crippen molar-refractivity contribution in [1.29, 1.82) is 0 Å². The first-order valence-electron chi connectivity index (χ1n) is 9.04. The van der Waals surface area contributed by atoms with Gasteiger partial charge in [-0.25, -0.2) is 18.7 Å². The predicted octanol–water partition coefficient (Wildman–Crippen LogP) is 4.01. The Morgan fingerprint density at radius 1 is 0.618 bits per heavy atom. The third-order valence-electron chi connectivity index (χ3n) is 3.71. The number of carbonyl (C=O) groups is 2. The highest BCUT2D eigenvalue weighted by molar-refractivity contribution is 7.47. The lowest BCUT2D eigenvalue weighted by Crippen LogP contribution is -1.95. The molecule has 0 aliphatic carbocycles. The minimum absolute atomic E-state index is 0.243. The number of hydrogen-bond acceptors (Lipinski definition) is 8. The van der Waals surface area contributed by atoms with Gasteiger partial charge in [-0.15, -0.1) is 0 Å². The van der Waals surface area contributed by atoms with E-state index in [1.54, 1.807) is 24.3 Å². The molecule has 0 unspecified atom stereocenters. The second kappa shape index (κ2) is 15.3. The molecule has 0 aliphatic rings. The Kier molecular flexibility index (Phi) is 14.1. The van der Waals surface area contributed by atoms with Crippen molar-refractivity contribution < 1.29 is 56.8 Å². The van der Waals surface area contributed by atoms with Gasteiger partial charge < -0.3 is 20.0 Å². The third-order valence-corrected chi connectivity index (χ3v) is 5.55. The first-order valence-corrected chi connectivity index (χ1v) is 12.0. The summed E-state index contributed by atoms with van der Waals surface area (Å²) in [6.45, 7) is 0. The molecule has 0 aromatic heterocycles. The quantitative estimate of drug-likeness (QED) is 0.290. The summed E-state index contributed by atoms with van der Waals surface area (Å²) in [5.41, 5.74) is 2.23. The van der Waals surface area contributed by atoms with E-state index >= 15 is 0 Å². The van der Waals surface area contributed by atoms with Crippen molar-refractivity contribution in [2.45, 2.75) is 0 Å². The van der Waals surface area contributed by atoms with Crippen molar-refractivity contribution in [2.75, 3.05) is 28.4 Å². The van der Waals surface area contributed by atoms with Gasteiger partial charge in [0.25, 0.3) is 0 Å². The zero-order chi connectivity index (χ0) is 26.4. The van der Waals surface area contributed by atoms with Gasteiger partial charge in [0, 0.05) is 28.4 Å². The molecule has 0 radical (unpaired) electrons. The van der Waals surface area contributed by atoms with E-state index in [0.717, 1.165) is 39.6 Å². The van der Waals surface area contributed by atoms with E-state index in [0.29, 0.717) is 0 Å². The van der Waals surface area contributed by atoms with Crippen LogP contribution in [0.15, 0.2) is 48.5 Å². The van der Waals surface area contributed by atoms with Gasteiger partial charge >= 0.3 is 27.6 Å². The summed E-state index contributed by atoms with van der Waals surface area (Å²) < 4.78 is 36.0. The number of carboxylic acids is 2. The lowest BCUT2D eigenvalue weighted by molar-refractivity contribution is 0.0686. The summed E-state index contributed by atoms with van der Waals surface area (Å²) >= 11 is 0. The van der Waals surface area contributed by atoms with Gasteiger partial charge in [0.15, 0.2) is 0 Å². The largest absolute Gasteiger partial charge is 0.478 e. The van der Waals surface area contributed by atoms with Crippen LogP contribution in [0.5, 0.6) is 0 Å². The maximum atomic E-state index is 10.7. The number of phosphoric ester groups is 2. The predicted molar refractivity (Wildman–Crippen MR) is 123 cm³/mol. The van der Waals surface area contributed by atoms with Crippen LogP contribution in [0.3, 0.4) is 0 Å². The molecule has 0 aliphatic heterocycles. The Bertz CT molecular complexity index is 933. The smallest absolute Gasteiger partial charge is 0.471 e. The number of phosphoric acid groups is 2. The molecule has 4 N–H and O–H groups in total. The molecule has 0 amide bonds. The molecular formula is C20H26O12P2. The van der Waals surface area contributed by atoms with Crippen molar-refractivity contribution in [2.24, 2.45) is 0 Å². The van der Waals surface area contributed by atoms with Crippen molar-refractivity contribution in [3.8, 4) is 0 Å². The molecular weight excluding hydrogens is 494 g/mol. The molecule has 0 fully saturated rings. The van der Waals surface area contributed by atoms with Gasteiger partial charge in [-0.05, 0) is 35.4 Å². The Labute approximate surface area is 196 Å². The molecule has 0 spiro atoms. The second-order valence-corrected chi connectivity index (χ2v) is 9.19. The summed E-state index contributed by atoms with van der Waals surface area (Å²) in [6, 6.07) is 13.0. The fraction of sp³-hybridized carbons (Fsp3) is 0.200.